The second-order valence-corrected chi connectivity index (χ2v) is 5.37. The molecule has 17 heavy (non-hydrogen) atoms. The maximum atomic E-state index is 13.3. The van der Waals surface area contributed by atoms with E-state index in [4.69, 9.17) is 0 Å². The zero-order chi connectivity index (χ0) is 12.6. The Morgan fingerprint density at radius 1 is 1.06 bits per heavy atom. The highest BCUT2D eigenvalue weighted by Crippen LogP contribution is 2.25. The first-order valence-corrected chi connectivity index (χ1v) is 6.53. The van der Waals surface area contributed by atoms with Crippen molar-refractivity contribution in [1.82, 2.24) is 9.97 Å². The van der Waals surface area contributed by atoms with Crippen molar-refractivity contribution >= 4 is 31.9 Å². The second kappa shape index (κ2) is 4.82. The molecule has 88 valence electrons. The van der Waals surface area contributed by atoms with Crippen LogP contribution in [-0.2, 0) is 0 Å². The van der Waals surface area contributed by atoms with E-state index in [-0.39, 0.29) is 5.82 Å². The molecule has 0 amide bonds. The summed E-state index contributed by atoms with van der Waals surface area (Å²) in [7, 11) is 0. The second-order valence-electron chi connectivity index (χ2n) is 3.71. The number of hydrogen-bond acceptors (Lipinski definition) is 2. The summed E-state index contributed by atoms with van der Waals surface area (Å²) in [5.41, 5.74) is 2.52. The van der Waals surface area contributed by atoms with Gasteiger partial charge in [-0.2, -0.15) is 0 Å². The van der Waals surface area contributed by atoms with Crippen LogP contribution in [0, 0.1) is 19.7 Å². The van der Waals surface area contributed by atoms with Crippen LogP contribution < -0.4 is 0 Å². The number of hydrogen-bond donors (Lipinski definition) is 0. The van der Waals surface area contributed by atoms with Crippen LogP contribution >= 0.6 is 31.9 Å². The van der Waals surface area contributed by atoms with Crippen molar-refractivity contribution < 1.29 is 4.39 Å². The first-order valence-electron chi connectivity index (χ1n) is 4.94. The molecule has 0 spiro atoms. The first kappa shape index (κ1) is 12.6. The van der Waals surface area contributed by atoms with Gasteiger partial charge in [-0.05, 0) is 48.0 Å². The fourth-order valence-corrected chi connectivity index (χ4v) is 2.33. The molecule has 5 heteroatoms. The molecule has 1 aromatic carbocycles. The van der Waals surface area contributed by atoms with Crippen LogP contribution in [0.5, 0.6) is 0 Å². The molecule has 0 saturated carbocycles. The standard InChI is InChI=1S/C12H9Br2FN2/c1-6-7(2)16-12(17-11(6)14)8-3-9(13)5-10(15)4-8/h3-5H,1-2H3. The molecule has 0 saturated heterocycles. The number of halogens is 3. The number of aromatic nitrogens is 2. The van der Waals surface area contributed by atoms with Gasteiger partial charge in [0.15, 0.2) is 5.82 Å². The van der Waals surface area contributed by atoms with Crippen LogP contribution in [-0.4, -0.2) is 9.97 Å². The lowest BCUT2D eigenvalue weighted by Crippen LogP contribution is -1.97. The van der Waals surface area contributed by atoms with Crippen molar-refractivity contribution in [3.63, 3.8) is 0 Å². The van der Waals surface area contributed by atoms with Crippen molar-refractivity contribution in [1.29, 1.82) is 0 Å². The van der Waals surface area contributed by atoms with E-state index >= 15 is 0 Å². The average Bonchev–Trinajstić information content (AvgIpc) is 2.23. The maximum absolute atomic E-state index is 13.3. The molecule has 2 nitrogen and oxygen atoms in total. The van der Waals surface area contributed by atoms with Crippen LogP contribution in [0.15, 0.2) is 27.3 Å². The summed E-state index contributed by atoms with van der Waals surface area (Å²) in [5.74, 6) is 0.201. The molecule has 0 atom stereocenters. The van der Waals surface area contributed by atoms with Crippen molar-refractivity contribution in [2.24, 2.45) is 0 Å². The minimum absolute atomic E-state index is 0.313. The monoisotopic (exact) mass is 358 g/mol. The molecule has 1 heterocycles. The van der Waals surface area contributed by atoms with E-state index in [1.165, 1.54) is 12.1 Å². The van der Waals surface area contributed by atoms with Crippen LogP contribution in [0.4, 0.5) is 4.39 Å². The summed E-state index contributed by atoms with van der Waals surface area (Å²) >= 11 is 6.63. The average molecular weight is 360 g/mol. The van der Waals surface area contributed by atoms with Gasteiger partial charge in [0.1, 0.15) is 10.4 Å². The predicted molar refractivity (Wildman–Crippen MR) is 72.3 cm³/mol. The molecule has 0 fully saturated rings. The third-order valence-electron chi connectivity index (χ3n) is 2.45. The molecule has 0 aliphatic carbocycles. The van der Waals surface area contributed by atoms with Crippen LogP contribution in [0.3, 0.4) is 0 Å². The minimum atomic E-state index is -0.313. The molecule has 1 aromatic heterocycles. The minimum Gasteiger partial charge on any atom is -0.233 e. The fraction of sp³-hybridized carbons (Fsp3) is 0.167. The third kappa shape index (κ3) is 2.72. The summed E-state index contributed by atoms with van der Waals surface area (Å²) in [6.07, 6.45) is 0. The normalized spacial score (nSPS) is 10.6. The molecular weight excluding hydrogens is 351 g/mol. The Kier molecular flexibility index (Phi) is 3.58. The largest absolute Gasteiger partial charge is 0.233 e. The molecule has 2 aromatic rings. The number of nitrogens with zero attached hydrogens (tertiary/aromatic N) is 2. The molecule has 0 N–H and O–H groups in total. The lowest BCUT2D eigenvalue weighted by atomic mass is 10.2. The lowest BCUT2D eigenvalue weighted by Gasteiger charge is -2.06. The van der Waals surface area contributed by atoms with Gasteiger partial charge in [0.05, 0.1) is 0 Å². The topological polar surface area (TPSA) is 25.8 Å². The highest BCUT2D eigenvalue weighted by atomic mass is 79.9. The highest BCUT2D eigenvalue weighted by molar-refractivity contribution is 9.10. The number of rotatable bonds is 1. The number of benzene rings is 1. The van der Waals surface area contributed by atoms with Crippen LogP contribution in [0.2, 0.25) is 0 Å². The van der Waals surface area contributed by atoms with Crippen LogP contribution in [0.25, 0.3) is 11.4 Å². The van der Waals surface area contributed by atoms with E-state index in [1.807, 2.05) is 13.8 Å². The number of aryl methyl sites for hydroxylation is 1. The van der Waals surface area contributed by atoms with Gasteiger partial charge in [-0.1, -0.05) is 15.9 Å². The summed E-state index contributed by atoms with van der Waals surface area (Å²) in [5, 5.41) is 0. The Labute approximate surface area is 116 Å². The summed E-state index contributed by atoms with van der Waals surface area (Å²) in [6, 6.07) is 4.61. The quantitative estimate of drug-likeness (QED) is 0.704. The van der Waals surface area contributed by atoms with Gasteiger partial charge in [-0.15, -0.1) is 0 Å². The fourth-order valence-electron chi connectivity index (χ4n) is 1.41. The zero-order valence-electron chi connectivity index (χ0n) is 9.26. The lowest BCUT2D eigenvalue weighted by molar-refractivity contribution is 0.627. The van der Waals surface area contributed by atoms with Crippen molar-refractivity contribution in [2.45, 2.75) is 13.8 Å². The predicted octanol–water partition coefficient (Wildman–Crippen LogP) is 4.42. The van der Waals surface area contributed by atoms with E-state index in [0.29, 0.717) is 15.9 Å². The van der Waals surface area contributed by atoms with Gasteiger partial charge in [0.25, 0.3) is 0 Å². The Morgan fingerprint density at radius 2 is 1.76 bits per heavy atom. The van der Waals surface area contributed by atoms with Gasteiger partial charge in [0, 0.05) is 21.3 Å². The molecule has 0 unspecified atom stereocenters. The van der Waals surface area contributed by atoms with E-state index in [1.54, 1.807) is 6.07 Å². The maximum Gasteiger partial charge on any atom is 0.160 e. The van der Waals surface area contributed by atoms with Crippen molar-refractivity contribution in [3.8, 4) is 11.4 Å². The van der Waals surface area contributed by atoms with Crippen LogP contribution in [0.1, 0.15) is 11.3 Å². The third-order valence-corrected chi connectivity index (χ3v) is 3.68. The smallest absolute Gasteiger partial charge is 0.160 e. The van der Waals surface area contributed by atoms with Gasteiger partial charge in [0.2, 0.25) is 0 Å². The van der Waals surface area contributed by atoms with Gasteiger partial charge in [-0.25, -0.2) is 14.4 Å². The molecule has 2 rings (SSSR count). The van der Waals surface area contributed by atoms with Gasteiger partial charge >= 0.3 is 0 Å². The van der Waals surface area contributed by atoms with E-state index < -0.39 is 0 Å². The zero-order valence-corrected chi connectivity index (χ0v) is 12.4. The Morgan fingerprint density at radius 3 is 2.35 bits per heavy atom. The molecule has 0 radical (unpaired) electrons. The first-order chi connectivity index (χ1) is 7.97. The summed E-state index contributed by atoms with van der Waals surface area (Å²) in [4.78, 5) is 8.66. The Bertz CT molecular complexity index is 541. The van der Waals surface area contributed by atoms with Gasteiger partial charge in [-0.3, -0.25) is 0 Å². The van der Waals surface area contributed by atoms with Crippen molar-refractivity contribution in [3.05, 3.63) is 44.3 Å². The molecule has 0 bridgehead atoms. The molecule has 0 aliphatic rings. The Hall–Kier alpha value is -0.810. The summed E-state index contributed by atoms with van der Waals surface area (Å²) in [6.45, 7) is 3.84. The highest BCUT2D eigenvalue weighted by Gasteiger charge is 2.09. The molecular formula is C12H9Br2FN2. The van der Waals surface area contributed by atoms with E-state index in [2.05, 4.69) is 41.8 Å². The van der Waals surface area contributed by atoms with Crippen molar-refractivity contribution in [2.75, 3.05) is 0 Å². The van der Waals surface area contributed by atoms with E-state index in [0.717, 1.165) is 15.9 Å². The van der Waals surface area contributed by atoms with Gasteiger partial charge < -0.3 is 0 Å². The Balaban J connectivity index is 2.60. The molecule has 0 aliphatic heterocycles. The van der Waals surface area contributed by atoms with E-state index in [9.17, 15) is 4.39 Å². The summed E-state index contributed by atoms with van der Waals surface area (Å²) < 4.78 is 14.7. The SMILES string of the molecule is Cc1nc(-c2cc(F)cc(Br)c2)nc(Br)c1C.